The highest BCUT2D eigenvalue weighted by Gasteiger charge is 2.07. The number of rotatable bonds is 4. The highest BCUT2D eigenvalue weighted by atomic mass is 16.5. The smallest absolute Gasteiger partial charge is 0.320 e. The fraction of sp³-hybridized carbons (Fsp3) is 0.222. The van der Waals surface area contributed by atoms with Crippen molar-refractivity contribution in [3.05, 3.63) is 19.0 Å². The van der Waals surface area contributed by atoms with Gasteiger partial charge in [0.1, 0.15) is 5.52 Å². The van der Waals surface area contributed by atoms with Crippen LogP contribution in [0.3, 0.4) is 0 Å². The first-order valence-electron chi connectivity index (χ1n) is 4.51. The first-order chi connectivity index (χ1) is 7.31. The van der Waals surface area contributed by atoms with Gasteiger partial charge in [0.15, 0.2) is 11.5 Å². The van der Waals surface area contributed by atoms with Crippen molar-refractivity contribution < 1.29 is 4.74 Å². The molecule has 0 aliphatic rings. The number of anilines is 1. The number of fused-ring (bicyclic) bond motifs is 1. The van der Waals surface area contributed by atoms with Crippen LogP contribution >= 0.6 is 0 Å². The Balaban J connectivity index is 2.24. The number of hydrogen-bond donors (Lipinski definition) is 2. The maximum absolute atomic E-state index is 5.68. The molecule has 6 nitrogen and oxygen atoms in total. The molecule has 0 aliphatic carbocycles. The van der Waals surface area contributed by atoms with Crippen LogP contribution in [0.25, 0.3) is 11.2 Å². The maximum atomic E-state index is 5.68. The van der Waals surface area contributed by atoms with E-state index in [0.29, 0.717) is 23.6 Å². The van der Waals surface area contributed by atoms with Gasteiger partial charge in [-0.25, -0.2) is 4.98 Å². The molecule has 0 spiro atoms. The minimum atomic E-state index is 0.244. The van der Waals surface area contributed by atoms with Gasteiger partial charge in [-0.1, -0.05) is 6.08 Å². The third-order valence-corrected chi connectivity index (χ3v) is 1.85. The summed E-state index contributed by atoms with van der Waals surface area (Å²) in [5, 5.41) is 0. The van der Waals surface area contributed by atoms with Crippen LogP contribution in [0, 0.1) is 0 Å². The molecule has 0 bridgehead atoms. The standard InChI is InChI=1S/C9H11N5O/c1-2-3-4-15-9-13-7(10)6-8(14-9)12-5-11-6/h2,5H,1,3-4H2,(H3,10,11,12,13,14). The zero-order chi connectivity index (χ0) is 10.7. The minimum Gasteiger partial charge on any atom is -0.463 e. The number of aromatic amines is 1. The third-order valence-electron chi connectivity index (χ3n) is 1.85. The summed E-state index contributed by atoms with van der Waals surface area (Å²) < 4.78 is 5.28. The number of H-pyrrole nitrogens is 1. The molecule has 3 N–H and O–H groups in total. The molecule has 0 fully saturated rings. The Bertz CT molecular complexity index is 478. The summed E-state index contributed by atoms with van der Waals surface area (Å²) in [6.07, 6.45) is 4.02. The molecule has 78 valence electrons. The second-order valence-electron chi connectivity index (χ2n) is 2.92. The number of nitrogens with zero attached hydrogens (tertiary/aromatic N) is 3. The third kappa shape index (κ3) is 1.88. The molecule has 2 aromatic heterocycles. The number of hydrogen-bond acceptors (Lipinski definition) is 5. The molecule has 0 atom stereocenters. The van der Waals surface area contributed by atoms with Crippen molar-refractivity contribution in [2.24, 2.45) is 0 Å². The molecule has 0 aromatic carbocycles. The zero-order valence-corrected chi connectivity index (χ0v) is 8.10. The molecular weight excluding hydrogens is 194 g/mol. The van der Waals surface area contributed by atoms with Crippen molar-refractivity contribution in [3.63, 3.8) is 0 Å². The summed E-state index contributed by atoms with van der Waals surface area (Å²) in [5.74, 6) is 0.339. The lowest BCUT2D eigenvalue weighted by Gasteiger charge is -2.02. The van der Waals surface area contributed by atoms with Crippen molar-refractivity contribution in [3.8, 4) is 6.01 Å². The van der Waals surface area contributed by atoms with Gasteiger partial charge in [0.25, 0.3) is 0 Å². The molecule has 2 rings (SSSR count). The molecule has 0 unspecified atom stereocenters. The van der Waals surface area contributed by atoms with Crippen molar-refractivity contribution >= 4 is 17.0 Å². The molecule has 2 heterocycles. The van der Waals surface area contributed by atoms with Crippen LogP contribution in [0.5, 0.6) is 6.01 Å². The van der Waals surface area contributed by atoms with Crippen molar-refractivity contribution in [2.75, 3.05) is 12.3 Å². The van der Waals surface area contributed by atoms with E-state index in [1.807, 2.05) is 0 Å². The van der Waals surface area contributed by atoms with Crippen LogP contribution in [-0.4, -0.2) is 26.5 Å². The Morgan fingerprint density at radius 3 is 3.20 bits per heavy atom. The monoisotopic (exact) mass is 205 g/mol. The predicted octanol–water partition coefficient (Wildman–Crippen LogP) is 0.890. The number of nitrogens with two attached hydrogens (primary N) is 1. The molecular formula is C9H11N5O. The molecule has 0 saturated carbocycles. The molecule has 0 saturated heterocycles. The van der Waals surface area contributed by atoms with Gasteiger partial charge in [-0.15, -0.1) is 6.58 Å². The largest absolute Gasteiger partial charge is 0.463 e. The molecule has 6 heteroatoms. The van der Waals surface area contributed by atoms with E-state index in [1.54, 1.807) is 6.08 Å². The van der Waals surface area contributed by atoms with E-state index >= 15 is 0 Å². The fourth-order valence-electron chi connectivity index (χ4n) is 1.13. The van der Waals surface area contributed by atoms with Crippen molar-refractivity contribution in [2.45, 2.75) is 6.42 Å². The van der Waals surface area contributed by atoms with Gasteiger partial charge >= 0.3 is 6.01 Å². The average molecular weight is 205 g/mol. The molecule has 0 amide bonds. The number of ether oxygens (including phenoxy) is 1. The van der Waals surface area contributed by atoms with Crippen LogP contribution in [0.4, 0.5) is 5.82 Å². The lowest BCUT2D eigenvalue weighted by Crippen LogP contribution is -2.03. The van der Waals surface area contributed by atoms with E-state index in [9.17, 15) is 0 Å². The second kappa shape index (κ2) is 3.95. The number of nitrogen functional groups attached to an aromatic ring is 1. The minimum absolute atomic E-state index is 0.244. The second-order valence-corrected chi connectivity index (χ2v) is 2.92. The van der Waals surface area contributed by atoms with Gasteiger partial charge in [0, 0.05) is 0 Å². The van der Waals surface area contributed by atoms with Crippen LogP contribution < -0.4 is 10.5 Å². The number of aromatic nitrogens is 4. The van der Waals surface area contributed by atoms with E-state index in [1.165, 1.54) is 6.33 Å². The van der Waals surface area contributed by atoms with Gasteiger partial charge < -0.3 is 15.5 Å². The molecule has 15 heavy (non-hydrogen) atoms. The summed E-state index contributed by atoms with van der Waals surface area (Å²) in [5.41, 5.74) is 6.82. The topological polar surface area (TPSA) is 89.7 Å². The highest BCUT2D eigenvalue weighted by molar-refractivity contribution is 5.81. The van der Waals surface area contributed by atoms with E-state index in [2.05, 4.69) is 26.5 Å². The van der Waals surface area contributed by atoms with E-state index < -0.39 is 0 Å². The van der Waals surface area contributed by atoms with Crippen LogP contribution in [0.15, 0.2) is 19.0 Å². The molecule has 2 aromatic rings. The van der Waals surface area contributed by atoms with E-state index in [4.69, 9.17) is 10.5 Å². The van der Waals surface area contributed by atoms with Gasteiger partial charge in [0.05, 0.1) is 12.9 Å². The zero-order valence-electron chi connectivity index (χ0n) is 8.10. The summed E-state index contributed by atoms with van der Waals surface area (Å²) in [4.78, 5) is 14.9. The summed E-state index contributed by atoms with van der Waals surface area (Å²) in [6, 6.07) is 0.244. The summed E-state index contributed by atoms with van der Waals surface area (Å²) in [7, 11) is 0. The Morgan fingerprint density at radius 1 is 1.53 bits per heavy atom. The van der Waals surface area contributed by atoms with Crippen molar-refractivity contribution in [1.82, 2.24) is 19.9 Å². The van der Waals surface area contributed by atoms with Gasteiger partial charge in [0.2, 0.25) is 0 Å². The van der Waals surface area contributed by atoms with Gasteiger partial charge in [-0.3, -0.25) is 0 Å². The Hall–Kier alpha value is -2.11. The quantitative estimate of drug-likeness (QED) is 0.571. The normalized spacial score (nSPS) is 10.4. The Morgan fingerprint density at radius 2 is 2.40 bits per heavy atom. The van der Waals surface area contributed by atoms with Crippen molar-refractivity contribution in [1.29, 1.82) is 0 Å². The fourth-order valence-corrected chi connectivity index (χ4v) is 1.13. The summed E-state index contributed by atoms with van der Waals surface area (Å²) >= 11 is 0. The highest BCUT2D eigenvalue weighted by Crippen LogP contribution is 2.16. The average Bonchev–Trinajstić information content (AvgIpc) is 2.66. The first-order valence-corrected chi connectivity index (χ1v) is 4.51. The SMILES string of the molecule is C=CCCOc1nc(N)c2[nH]cnc2n1. The van der Waals surface area contributed by atoms with Crippen LogP contribution in [-0.2, 0) is 0 Å². The predicted molar refractivity (Wildman–Crippen MR) is 56.4 cm³/mol. The van der Waals surface area contributed by atoms with Gasteiger partial charge in [-0.05, 0) is 6.42 Å². The lowest BCUT2D eigenvalue weighted by molar-refractivity contribution is 0.300. The van der Waals surface area contributed by atoms with Gasteiger partial charge in [-0.2, -0.15) is 9.97 Å². The number of nitrogens with one attached hydrogen (secondary N) is 1. The van der Waals surface area contributed by atoms with Crippen LogP contribution in [0.1, 0.15) is 6.42 Å². The maximum Gasteiger partial charge on any atom is 0.320 e. The van der Waals surface area contributed by atoms with E-state index in [-0.39, 0.29) is 6.01 Å². The van der Waals surface area contributed by atoms with Crippen LogP contribution in [0.2, 0.25) is 0 Å². The number of imidazole rings is 1. The lowest BCUT2D eigenvalue weighted by atomic mass is 10.5. The van der Waals surface area contributed by atoms with E-state index in [0.717, 1.165) is 6.42 Å². The Labute approximate surface area is 86.2 Å². The summed E-state index contributed by atoms with van der Waals surface area (Å²) in [6.45, 7) is 4.07. The molecule has 0 radical (unpaired) electrons. The Kier molecular flexibility index (Phi) is 2.49. The molecule has 0 aliphatic heterocycles. The first kappa shape index (κ1) is 9.45.